The maximum atomic E-state index is 5.94. The third-order valence-electron chi connectivity index (χ3n) is 2.39. The van der Waals surface area contributed by atoms with Crippen molar-refractivity contribution in [3.05, 3.63) is 28.5 Å². The Kier molecular flexibility index (Phi) is 7.09. The van der Waals surface area contributed by atoms with Crippen LogP contribution < -0.4 is 0 Å². The summed E-state index contributed by atoms with van der Waals surface area (Å²) in [5.41, 5.74) is 2.13. The van der Waals surface area contributed by atoms with E-state index in [-0.39, 0.29) is 0 Å². The molecule has 0 spiro atoms. The topological polar surface area (TPSA) is 12.9 Å². The minimum absolute atomic E-state index is 0.526. The van der Waals surface area contributed by atoms with Crippen molar-refractivity contribution in [2.45, 2.75) is 39.5 Å². The summed E-state index contributed by atoms with van der Waals surface area (Å²) in [6.07, 6.45) is 4.49. The van der Waals surface area contributed by atoms with E-state index in [9.17, 15) is 0 Å². The highest BCUT2D eigenvalue weighted by atomic mass is 35.5. The lowest BCUT2D eigenvalue weighted by Gasteiger charge is -2.09. The van der Waals surface area contributed by atoms with Crippen molar-refractivity contribution >= 4 is 39.8 Å². The predicted molar refractivity (Wildman–Crippen MR) is 82.3 cm³/mol. The van der Waals surface area contributed by atoms with Crippen molar-refractivity contribution in [1.29, 1.82) is 0 Å². The zero-order chi connectivity index (χ0) is 12.7. The Labute approximate surface area is 118 Å². The monoisotopic (exact) mass is 287 g/mol. The number of nitrogens with zero attached hydrogens (tertiary/aromatic N) is 1. The average Bonchev–Trinajstić information content (AvgIpc) is 2.32. The molecule has 0 N–H and O–H groups in total. The van der Waals surface area contributed by atoms with Crippen LogP contribution in [0.25, 0.3) is 0 Å². The molecule has 0 unspecified atom stereocenters. The number of thioether (sulfide) groups is 1. The lowest BCUT2D eigenvalue weighted by molar-refractivity contribution is 0.898. The van der Waals surface area contributed by atoms with Gasteiger partial charge in [0, 0.05) is 0 Å². The molecule has 0 aliphatic carbocycles. The van der Waals surface area contributed by atoms with Crippen molar-refractivity contribution in [1.82, 2.24) is 4.98 Å². The van der Waals surface area contributed by atoms with Crippen LogP contribution in [-0.2, 0) is 6.42 Å². The van der Waals surface area contributed by atoms with Crippen molar-refractivity contribution in [3.63, 3.8) is 0 Å². The first kappa shape index (κ1) is 14.9. The second kappa shape index (κ2) is 8.06. The van der Waals surface area contributed by atoms with E-state index in [1.165, 1.54) is 18.4 Å². The second-order valence-electron chi connectivity index (χ2n) is 3.88. The van der Waals surface area contributed by atoms with Crippen molar-refractivity contribution in [3.8, 4) is 0 Å². The molecule has 4 heteroatoms. The smallest absolute Gasteiger partial charge is 0.129 e. The molecule has 0 radical (unpaired) electrons. The summed E-state index contributed by atoms with van der Waals surface area (Å²) in [6, 6.07) is 3.89. The molecule has 17 heavy (non-hydrogen) atoms. The lowest BCUT2D eigenvalue weighted by Crippen LogP contribution is -2.03. The van der Waals surface area contributed by atoms with Crippen molar-refractivity contribution in [2.24, 2.45) is 0 Å². The van der Waals surface area contributed by atoms with E-state index in [1.807, 2.05) is 12.1 Å². The molecule has 0 bridgehead atoms. The number of pyridine rings is 1. The SMILES string of the molecule is CCCCSC(=S)c1nc(Cl)ccc1CCC. The Balaban J connectivity index is 2.78. The molecule has 0 saturated carbocycles. The van der Waals surface area contributed by atoms with Crippen LogP contribution in [0.15, 0.2) is 12.1 Å². The van der Waals surface area contributed by atoms with Gasteiger partial charge in [-0.2, -0.15) is 0 Å². The number of hydrogen-bond donors (Lipinski definition) is 0. The van der Waals surface area contributed by atoms with Gasteiger partial charge in [0.1, 0.15) is 5.15 Å². The van der Waals surface area contributed by atoms with Gasteiger partial charge < -0.3 is 0 Å². The van der Waals surface area contributed by atoms with Crippen LogP contribution in [0.4, 0.5) is 0 Å². The van der Waals surface area contributed by atoms with Crippen LogP contribution in [-0.4, -0.2) is 14.9 Å². The number of aromatic nitrogens is 1. The van der Waals surface area contributed by atoms with Crippen LogP contribution in [0.1, 0.15) is 44.4 Å². The molecule has 1 rings (SSSR count). The summed E-state index contributed by atoms with van der Waals surface area (Å²) in [7, 11) is 0. The quantitative estimate of drug-likeness (QED) is 0.420. The number of halogens is 1. The molecule has 0 amide bonds. The Morgan fingerprint density at radius 3 is 2.76 bits per heavy atom. The zero-order valence-electron chi connectivity index (χ0n) is 10.3. The fourth-order valence-electron chi connectivity index (χ4n) is 1.49. The summed E-state index contributed by atoms with van der Waals surface area (Å²) in [6.45, 7) is 4.34. The molecule has 0 aliphatic rings. The molecule has 1 aromatic heterocycles. The van der Waals surface area contributed by atoms with Crippen LogP contribution >= 0.6 is 35.6 Å². The maximum absolute atomic E-state index is 5.94. The molecule has 0 aliphatic heterocycles. The van der Waals surface area contributed by atoms with Crippen LogP contribution in [0.2, 0.25) is 5.15 Å². The van der Waals surface area contributed by atoms with Gasteiger partial charge in [-0.05, 0) is 30.2 Å². The van der Waals surface area contributed by atoms with Gasteiger partial charge in [0.2, 0.25) is 0 Å². The first-order chi connectivity index (χ1) is 8.19. The molecule has 0 atom stereocenters. The van der Waals surface area contributed by atoms with E-state index in [0.717, 1.165) is 28.5 Å². The van der Waals surface area contributed by atoms with E-state index in [4.69, 9.17) is 23.8 Å². The number of aryl methyl sites for hydroxylation is 1. The van der Waals surface area contributed by atoms with Gasteiger partial charge in [0.25, 0.3) is 0 Å². The fraction of sp³-hybridized carbons (Fsp3) is 0.538. The highest BCUT2D eigenvalue weighted by molar-refractivity contribution is 8.23. The highest BCUT2D eigenvalue weighted by Crippen LogP contribution is 2.20. The molecular weight excluding hydrogens is 270 g/mol. The zero-order valence-corrected chi connectivity index (χ0v) is 12.7. The average molecular weight is 288 g/mol. The number of rotatable bonds is 6. The second-order valence-corrected chi connectivity index (χ2v) is 6.04. The Morgan fingerprint density at radius 2 is 2.12 bits per heavy atom. The van der Waals surface area contributed by atoms with Crippen molar-refractivity contribution < 1.29 is 0 Å². The molecule has 94 valence electrons. The van der Waals surface area contributed by atoms with E-state index in [2.05, 4.69) is 18.8 Å². The van der Waals surface area contributed by atoms with E-state index in [0.29, 0.717) is 5.15 Å². The molecule has 0 fully saturated rings. The third kappa shape index (κ3) is 4.94. The largest absolute Gasteiger partial charge is 0.234 e. The van der Waals surface area contributed by atoms with Gasteiger partial charge in [0.15, 0.2) is 0 Å². The highest BCUT2D eigenvalue weighted by Gasteiger charge is 2.10. The Morgan fingerprint density at radius 1 is 1.35 bits per heavy atom. The van der Waals surface area contributed by atoms with Crippen LogP contribution in [0.5, 0.6) is 0 Å². The summed E-state index contributed by atoms with van der Waals surface area (Å²) in [5, 5.41) is 0.526. The third-order valence-corrected chi connectivity index (χ3v) is 4.09. The van der Waals surface area contributed by atoms with Gasteiger partial charge in [0.05, 0.1) is 9.89 Å². The first-order valence-corrected chi connectivity index (χ1v) is 7.78. The van der Waals surface area contributed by atoms with Gasteiger partial charge in [-0.25, -0.2) is 4.98 Å². The van der Waals surface area contributed by atoms with Gasteiger partial charge >= 0.3 is 0 Å². The van der Waals surface area contributed by atoms with Crippen LogP contribution in [0, 0.1) is 0 Å². The minimum Gasteiger partial charge on any atom is -0.234 e. The summed E-state index contributed by atoms with van der Waals surface area (Å²) in [5.74, 6) is 1.06. The fourth-order valence-corrected chi connectivity index (χ4v) is 3.00. The Bertz CT molecular complexity index is 380. The summed E-state index contributed by atoms with van der Waals surface area (Å²) in [4.78, 5) is 4.37. The van der Waals surface area contributed by atoms with Gasteiger partial charge in [-0.15, -0.1) is 11.8 Å². The maximum Gasteiger partial charge on any atom is 0.129 e. The van der Waals surface area contributed by atoms with Crippen molar-refractivity contribution in [2.75, 3.05) is 5.75 Å². The van der Waals surface area contributed by atoms with E-state index in [1.54, 1.807) is 11.8 Å². The lowest BCUT2D eigenvalue weighted by atomic mass is 10.1. The number of hydrogen-bond acceptors (Lipinski definition) is 3. The molecule has 1 nitrogen and oxygen atoms in total. The summed E-state index contributed by atoms with van der Waals surface area (Å²) >= 11 is 13.1. The van der Waals surface area contributed by atoms with Gasteiger partial charge in [-0.1, -0.05) is 56.6 Å². The normalized spacial score (nSPS) is 10.5. The molecule has 1 aromatic rings. The summed E-state index contributed by atoms with van der Waals surface area (Å²) < 4.78 is 0.879. The predicted octanol–water partition coefficient (Wildman–Crippen LogP) is 4.90. The number of thiocarbonyl (C=S) groups is 1. The Hall–Kier alpha value is -0.120. The molecule has 0 saturated heterocycles. The molecule has 0 aromatic carbocycles. The van der Waals surface area contributed by atoms with Crippen LogP contribution in [0.3, 0.4) is 0 Å². The van der Waals surface area contributed by atoms with Gasteiger partial charge in [-0.3, -0.25) is 0 Å². The number of unbranched alkanes of at least 4 members (excludes halogenated alkanes) is 1. The first-order valence-electron chi connectivity index (χ1n) is 6.01. The standard InChI is InChI=1S/C13H18ClNS2/c1-3-5-9-17-13(16)12-10(6-4-2)7-8-11(14)15-12/h7-8H,3-6,9H2,1-2H3. The minimum atomic E-state index is 0.526. The molecular formula is C13H18ClNS2. The van der Waals surface area contributed by atoms with E-state index >= 15 is 0 Å². The molecule has 1 heterocycles. The van der Waals surface area contributed by atoms with E-state index < -0.39 is 0 Å².